The summed E-state index contributed by atoms with van der Waals surface area (Å²) in [6.07, 6.45) is 6.31. The summed E-state index contributed by atoms with van der Waals surface area (Å²) in [5.74, 6) is 0. The van der Waals surface area contributed by atoms with E-state index in [-0.39, 0.29) is 5.54 Å². The summed E-state index contributed by atoms with van der Waals surface area (Å²) in [4.78, 5) is 7.35. The van der Waals surface area contributed by atoms with E-state index in [0.29, 0.717) is 10.0 Å². The van der Waals surface area contributed by atoms with Gasteiger partial charge in [0.25, 0.3) is 0 Å². The fraction of sp³-hybridized carbons (Fsp3) is 0.692. The SMILES string of the molecule is N#Cc1sc(N2CCNCC23CCCCC3)nc1Cl. The number of piperazine rings is 1. The molecular formula is C13H17ClN4S. The lowest BCUT2D eigenvalue weighted by Gasteiger charge is -2.49. The topological polar surface area (TPSA) is 52.0 Å². The Morgan fingerprint density at radius 2 is 2.16 bits per heavy atom. The second kappa shape index (κ2) is 5.28. The van der Waals surface area contributed by atoms with Crippen LogP contribution in [0.3, 0.4) is 0 Å². The maximum Gasteiger partial charge on any atom is 0.188 e. The molecule has 0 bridgehead atoms. The van der Waals surface area contributed by atoms with Crippen molar-refractivity contribution in [2.75, 3.05) is 24.5 Å². The minimum Gasteiger partial charge on any atom is -0.340 e. The van der Waals surface area contributed by atoms with Gasteiger partial charge in [0.2, 0.25) is 0 Å². The van der Waals surface area contributed by atoms with Gasteiger partial charge in [-0.25, -0.2) is 4.98 Å². The summed E-state index contributed by atoms with van der Waals surface area (Å²) in [5, 5.41) is 13.8. The van der Waals surface area contributed by atoms with Crippen molar-refractivity contribution >= 4 is 28.1 Å². The maximum atomic E-state index is 9.04. The number of hydrogen-bond acceptors (Lipinski definition) is 5. The Morgan fingerprint density at radius 3 is 2.84 bits per heavy atom. The molecular weight excluding hydrogens is 280 g/mol. The van der Waals surface area contributed by atoms with Crippen LogP contribution in [-0.4, -0.2) is 30.2 Å². The molecule has 2 heterocycles. The Labute approximate surface area is 122 Å². The van der Waals surface area contributed by atoms with Crippen LogP contribution in [0.2, 0.25) is 5.15 Å². The van der Waals surface area contributed by atoms with Crippen molar-refractivity contribution in [3.8, 4) is 6.07 Å². The highest BCUT2D eigenvalue weighted by Gasteiger charge is 2.41. The molecule has 1 saturated carbocycles. The van der Waals surface area contributed by atoms with Gasteiger partial charge < -0.3 is 10.2 Å². The predicted octanol–water partition coefficient (Wildman–Crippen LogP) is 2.78. The van der Waals surface area contributed by atoms with Crippen molar-refractivity contribution in [1.82, 2.24) is 10.3 Å². The van der Waals surface area contributed by atoms with Gasteiger partial charge in [-0.05, 0) is 12.8 Å². The molecule has 1 N–H and O–H groups in total. The Morgan fingerprint density at radius 1 is 1.37 bits per heavy atom. The van der Waals surface area contributed by atoms with Gasteiger partial charge in [0.05, 0.1) is 5.54 Å². The molecule has 1 aromatic rings. The van der Waals surface area contributed by atoms with Crippen molar-refractivity contribution in [3.63, 3.8) is 0 Å². The first kappa shape index (κ1) is 13.2. The van der Waals surface area contributed by atoms with Crippen LogP contribution in [0, 0.1) is 11.3 Å². The molecule has 1 aliphatic heterocycles. The third kappa shape index (κ3) is 2.33. The Hall–Kier alpha value is -0.830. The van der Waals surface area contributed by atoms with Gasteiger partial charge in [-0.15, -0.1) is 0 Å². The predicted molar refractivity (Wildman–Crippen MR) is 77.9 cm³/mol. The van der Waals surface area contributed by atoms with Crippen LogP contribution in [0.4, 0.5) is 5.13 Å². The average molecular weight is 297 g/mol. The number of nitrogens with zero attached hydrogens (tertiary/aromatic N) is 3. The molecule has 0 radical (unpaired) electrons. The highest BCUT2D eigenvalue weighted by atomic mass is 35.5. The minimum absolute atomic E-state index is 0.185. The number of nitrogens with one attached hydrogen (secondary N) is 1. The van der Waals surface area contributed by atoms with E-state index in [1.165, 1.54) is 43.4 Å². The van der Waals surface area contributed by atoms with Gasteiger partial charge in [-0.1, -0.05) is 42.2 Å². The average Bonchev–Trinajstić information content (AvgIpc) is 2.81. The largest absolute Gasteiger partial charge is 0.340 e. The van der Waals surface area contributed by atoms with Gasteiger partial charge in [-0.2, -0.15) is 5.26 Å². The van der Waals surface area contributed by atoms with Crippen LogP contribution < -0.4 is 10.2 Å². The number of nitriles is 1. The van der Waals surface area contributed by atoms with E-state index in [9.17, 15) is 0 Å². The molecule has 0 unspecified atom stereocenters. The minimum atomic E-state index is 0.185. The highest BCUT2D eigenvalue weighted by Crippen LogP contribution is 2.40. The summed E-state index contributed by atoms with van der Waals surface area (Å²) in [5.41, 5.74) is 0.185. The van der Waals surface area contributed by atoms with Crippen molar-refractivity contribution in [3.05, 3.63) is 10.0 Å². The van der Waals surface area contributed by atoms with Crippen molar-refractivity contribution in [2.24, 2.45) is 0 Å². The Bertz CT molecular complexity index is 493. The van der Waals surface area contributed by atoms with Gasteiger partial charge in [0, 0.05) is 19.6 Å². The standard InChI is InChI=1S/C13H17ClN4S/c14-11-10(8-15)19-12(17-11)18-7-6-16-9-13(18)4-2-1-3-5-13/h16H,1-7,9H2. The molecule has 1 spiro atoms. The fourth-order valence-corrected chi connectivity index (χ4v) is 4.45. The van der Waals surface area contributed by atoms with Gasteiger partial charge in [0.15, 0.2) is 10.3 Å². The van der Waals surface area contributed by atoms with Crippen LogP contribution in [0.25, 0.3) is 0 Å². The summed E-state index contributed by atoms with van der Waals surface area (Å²) in [7, 11) is 0. The molecule has 4 nitrogen and oxygen atoms in total. The molecule has 0 atom stereocenters. The smallest absolute Gasteiger partial charge is 0.188 e. The van der Waals surface area contributed by atoms with Gasteiger partial charge in [-0.3, -0.25) is 0 Å². The number of rotatable bonds is 1. The molecule has 1 aliphatic carbocycles. The van der Waals surface area contributed by atoms with E-state index in [1.54, 1.807) is 0 Å². The first-order chi connectivity index (χ1) is 9.25. The Kier molecular flexibility index (Phi) is 3.66. The molecule has 6 heteroatoms. The molecule has 102 valence electrons. The molecule has 0 amide bonds. The number of anilines is 1. The van der Waals surface area contributed by atoms with Crippen molar-refractivity contribution in [1.29, 1.82) is 5.26 Å². The molecule has 19 heavy (non-hydrogen) atoms. The zero-order valence-corrected chi connectivity index (χ0v) is 12.4. The number of hydrogen-bond donors (Lipinski definition) is 1. The lowest BCUT2D eigenvalue weighted by atomic mass is 9.79. The second-order valence-corrected chi connectivity index (χ2v) is 6.68. The van der Waals surface area contributed by atoms with E-state index in [4.69, 9.17) is 16.9 Å². The van der Waals surface area contributed by atoms with Crippen molar-refractivity contribution < 1.29 is 0 Å². The normalized spacial score (nSPS) is 22.4. The first-order valence-electron chi connectivity index (χ1n) is 6.80. The van der Waals surface area contributed by atoms with E-state index in [0.717, 1.165) is 24.8 Å². The van der Waals surface area contributed by atoms with Crippen LogP contribution >= 0.6 is 22.9 Å². The number of aromatic nitrogens is 1. The van der Waals surface area contributed by atoms with Crippen LogP contribution in [0.5, 0.6) is 0 Å². The first-order valence-corrected chi connectivity index (χ1v) is 7.99. The Balaban J connectivity index is 1.93. The lowest BCUT2D eigenvalue weighted by Crippen LogP contribution is -2.62. The number of halogens is 1. The van der Waals surface area contributed by atoms with Crippen LogP contribution in [0.1, 0.15) is 37.0 Å². The molecule has 1 aromatic heterocycles. The molecule has 2 fully saturated rings. The van der Waals surface area contributed by atoms with Crippen LogP contribution in [0.15, 0.2) is 0 Å². The number of thiazole rings is 1. The van der Waals surface area contributed by atoms with Gasteiger partial charge in [0.1, 0.15) is 10.9 Å². The summed E-state index contributed by atoms with van der Waals surface area (Å²) < 4.78 is 0. The van der Waals surface area contributed by atoms with E-state index in [2.05, 4.69) is 21.3 Å². The lowest BCUT2D eigenvalue weighted by molar-refractivity contribution is 0.241. The monoisotopic (exact) mass is 296 g/mol. The third-order valence-corrected chi connectivity index (χ3v) is 5.60. The molecule has 2 aliphatic rings. The zero-order valence-electron chi connectivity index (χ0n) is 10.8. The second-order valence-electron chi connectivity index (χ2n) is 5.34. The third-order valence-electron chi connectivity index (χ3n) is 4.23. The summed E-state index contributed by atoms with van der Waals surface area (Å²) in [6.45, 7) is 2.95. The van der Waals surface area contributed by atoms with E-state index >= 15 is 0 Å². The highest BCUT2D eigenvalue weighted by molar-refractivity contribution is 7.16. The van der Waals surface area contributed by atoms with Gasteiger partial charge >= 0.3 is 0 Å². The summed E-state index contributed by atoms with van der Waals surface area (Å²) >= 11 is 7.45. The summed E-state index contributed by atoms with van der Waals surface area (Å²) in [6, 6.07) is 2.13. The quantitative estimate of drug-likeness (QED) is 0.866. The molecule has 1 saturated heterocycles. The van der Waals surface area contributed by atoms with E-state index < -0.39 is 0 Å². The molecule has 3 rings (SSSR count). The molecule has 0 aromatic carbocycles. The maximum absolute atomic E-state index is 9.04. The zero-order chi connectivity index (χ0) is 13.3. The fourth-order valence-electron chi connectivity index (χ4n) is 3.28. The van der Waals surface area contributed by atoms with Crippen LogP contribution in [-0.2, 0) is 0 Å². The van der Waals surface area contributed by atoms with Crippen molar-refractivity contribution in [2.45, 2.75) is 37.6 Å². The van der Waals surface area contributed by atoms with E-state index in [1.807, 2.05) is 0 Å².